The van der Waals surface area contributed by atoms with E-state index in [1.807, 2.05) is 24.3 Å². The monoisotopic (exact) mass is 625 g/mol. The van der Waals surface area contributed by atoms with Crippen molar-refractivity contribution in [2.45, 2.75) is 71.5 Å². The summed E-state index contributed by atoms with van der Waals surface area (Å²) >= 11 is 0. The molecule has 3 aromatic rings. The Morgan fingerprint density at radius 1 is 0.978 bits per heavy atom. The summed E-state index contributed by atoms with van der Waals surface area (Å²) in [4.78, 5) is 18.4. The SMILES string of the molecule is CCCCOCCOc1ccc(-c2ccc3c(c2)C=C(C(=O)Nc2ccc(CN(C)C4CCOCC4)cc2)CCN3C(C)C)cc1. The van der Waals surface area contributed by atoms with Crippen molar-refractivity contribution in [1.82, 2.24) is 4.90 Å². The van der Waals surface area contributed by atoms with Crippen molar-refractivity contribution >= 4 is 23.4 Å². The summed E-state index contributed by atoms with van der Waals surface area (Å²) in [6.07, 6.45) is 7.12. The maximum Gasteiger partial charge on any atom is 0.251 e. The summed E-state index contributed by atoms with van der Waals surface area (Å²) in [5.41, 5.74) is 7.28. The Kier molecular flexibility index (Phi) is 12.3. The van der Waals surface area contributed by atoms with E-state index >= 15 is 0 Å². The van der Waals surface area contributed by atoms with Gasteiger partial charge in [-0.15, -0.1) is 0 Å². The lowest BCUT2D eigenvalue weighted by molar-refractivity contribution is -0.112. The fraction of sp³-hybridized carbons (Fsp3) is 0.462. The Bertz CT molecular complexity index is 1430. The molecule has 0 bridgehead atoms. The van der Waals surface area contributed by atoms with Crippen LogP contribution in [0.1, 0.15) is 64.0 Å². The first-order chi connectivity index (χ1) is 22.4. The molecular weight excluding hydrogens is 574 g/mol. The molecular formula is C39H51N3O4. The molecule has 5 rings (SSSR count). The van der Waals surface area contributed by atoms with E-state index in [-0.39, 0.29) is 5.91 Å². The molecule has 2 heterocycles. The minimum absolute atomic E-state index is 0.0470. The molecule has 0 radical (unpaired) electrons. The van der Waals surface area contributed by atoms with Crippen molar-refractivity contribution in [3.63, 3.8) is 0 Å². The van der Waals surface area contributed by atoms with Gasteiger partial charge in [0.15, 0.2) is 0 Å². The standard InChI is InChI=1S/C39H51N3O4/c1-5-6-21-44-24-25-46-37-14-9-31(10-15-37)32-11-16-38-34(26-32)27-33(17-20-42(38)29(2)3)39(43)40-35-12-7-30(8-13-35)28-41(4)36-18-22-45-23-19-36/h7-16,26-27,29,36H,5-6,17-25,28H2,1-4H3,(H,40,43). The summed E-state index contributed by atoms with van der Waals surface area (Å²) in [6.45, 7) is 11.9. The number of carbonyl (C=O) groups is 1. The van der Waals surface area contributed by atoms with Crippen LogP contribution < -0.4 is 15.0 Å². The molecule has 1 amide bonds. The van der Waals surface area contributed by atoms with Gasteiger partial charge < -0.3 is 24.4 Å². The molecule has 0 aliphatic carbocycles. The van der Waals surface area contributed by atoms with Gasteiger partial charge in [-0.1, -0.05) is 43.7 Å². The summed E-state index contributed by atoms with van der Waals surface area (Å²) < 4.78 is 17.0. The molecule has 7 heteroatoms. The minimum Gasteiger partial charge on any atom is -0.491 e. The van der Waals surface area contributed by atoms with E-state index in [0.29, 0.717) is 31.7 Å². The zero-order valence-corrected chi connectivity index (χ0v) is 28.1. The molecule has 46 heavy (non-hydrogen) atoms. The third-order valence-electron chi connectivity index (χ3n) is 8.99. The lowest BCUT2D eigenvalue weighted by Crippen LogP contribution is -2.36. The average Bonchev–Trinajstić information content (AvgIpc) is 3.28. The van der Waals surface area contributed by atoms with Crippen molar-refractivity contribution in [3.05, 3.63) is 83.4 Å². The molecule has 2 aliphatic heterocycles. The van der Waals surface area contributed by atoms with E-state index in [4.69, 9.17) is 14.2 Å². The molecule has 1 saturated heterocycles. The van der Waals surface area contributed by atoms with Gasteiger partial charge in [-0.2, -0.15) is 0 Å². The number of carbonyl (C=O) groups excluding carboxylic acids is 1. The maximum absolute atomic E-state index is 13.6. The van der Waals surface area contributed by atoms with Crippen LogP contribution in [-0.4, -0.2) is 69.5 Å². The fourth-order valence-corrected chi connectivity index (χ4v) is 6.21. The third kappa shape index (κ3) is 9.21. The number of nitrogens with one attached hydrogen (secondary N) is 1. The first-order valence-corrected chi connectivity index (χ1v) is 17.0. The number of hydrogen-bond donors (Lipinski definition) is 1. The van der Waals surface area contributed by atoms with Crippen LogP contribution in [0.4, 0.5) is 11.4 Å². The van der Waals surface area contributed by atoms with Crippen molar-refractivity contribution in [1.29, 1.82) is 0 Å². The van der Waals surface area contributed by atoms with Gasteiger partial charge in [-0.3, -0.25) is 9.69 Å². The Balaban J connectivity index is 1.25. The highest BCUT2D eigenvalue weighted by Gasteiger charge is 2.22. The van der Waals surface area contributed by atoms with Gasteiger partial charge in [0.1, 0.15) is 12.4 Å². The van der Waals surface area contributed by atoms with Crippen molar-refractivity contribution in [2.75, 3.05) is 56.8 Å². The smallest absolute Gasteiger partial charge is 0.251 e. The number of benzene rings is 3. The highest BCUT2D eigenvalue weighted by atomic mass is 16.5. The summed E-state index contributed by atoms with van der Waals surface area (Å²) in [6, 6.07) is 23.9. The molecule has 0 aromatic heterocycles. The molecule has 2 aliphatic rings. The predicted octanol–water partition coefficient (Wildman–Crippen LogP) is 7.80. The van der Waals surface area contributed by atoms with E-state index in [2.05, 4.69) is 91.5 Å². The normalized spacial score (nSPS) is 15.4. The van der Waals surface area contributed by atoms with Crippen molar-refractivity contribution in [2.24, 2.45) is 0 Å². The van der Waals surface area contributed by atoms with Crippen LogP contribution in [-0.2, 0) is 20.8 Å². The number of unbranched alkanes of at least 4 members (excludes halogenated alkanes) is 1. The van der Waals surface area contributed by atoms with Crippen molar-refractivity contribution in [3.8, 4) is 16.9 Å². The molecule has 7 nitrogen and oxygen atoms in total. The number of ether oxygens (including phenoxy) is 3. The molecule has 0 saturated carbocycles. The topological polar surface area (TPSA) is 63.3 Å². The number of anilines is 2. The molecule has 1 fully saturated rings. The second kappa shape index (κ2) is 16.8. The third-order valence-corrected chi connectivity index (χ3v) is 8.99. The summed E-state index contributed by atoms with van der Waals surface area (Å²) in [7, 11) is 2.18. The number of nitrogens with zero attached hydrogens (tertiary/aromatic N) is 2. The van der Waals surface area contributed by atoms with Crippen LogP contribution in [0.2, 0.25) is 0 Å². The van der Waals surface area contributed by atoms with Crippen LogP contribution in [0.15, 0.2) is 72.3 Å². The molecule has 1 N–H and O–H groups in total. The number of amides is 1. The number of fused-ring (bicyclic) bond motifs is 1. The predicted molar refractivity (Wildman–Crippen MR) is 189 cm³/mol. The first-order valence-electron chi connectivity index (χ1n) is 17.0. The molecule has 0 atom stereocenters. The molecule has 246 valence electrons. The zero-order valence-electron chi connectivity index (χ0n) is 28.1. The largest absolute Gasteiger partial charge is 0.491 e. The van der Waals surface area contributed by atoms with Crippen LogP contribution in [0, 0.1) is 0 Å². The Morgan fingerprint density at radius 3 is 2.43 bits per heavy atom. The lowest BCUT2D eigenvalue weighted by Gasteiger charge is -2.31. The Labute approximate surface area is 275 Å². The van der Waals surface area contributed by atoms with Crippen LogP contribution in [0.5, 0.6) is 5.75 Å². The van der Waals surface area contributed by atoms with Crippen LogP contribution in [0.25, 0.3) is 17.2 Å². The highest BCUT2D eigenvalue weighted by Crippen LogP contribution is 2.34. The molecule has 0 spiro atoms. The van der Waals surface area contributed by atoms with Gasteiger partial charge in [0.25, 0.3) is 5.91 Å². The lowest BCUT2D eigenvalue weighted by atomic mass is 10.00. The van der Waals surface area contributed by atoms with Gasteiger partial charge in [-0.25, -0.2) is 0 Å². The van der Waals surface area contributed by atoms with E-state index in [1.165, 1.54) is 5.56 Å². The van der Waals surface area contributed by atoms with E-state index < -0.39 is 0 Å². The second-order valence-electron chi connectivity index (χ2n) is 12.7. The van der Waals surface area contributed by atoms with Crippen LogP contribution >= 0.6 is 0 Å². The van der Waals surface area contributed by atoms with Gasteiger partial charge in [0, 0.05) is 61.9 Å². The number of rotatable bonds is 14. The second-order valence-corrected chi connectivity index (χ2v) is 12.7. The summed E-state index contributed by atoms with van der Waals surface area (Å²) in [5.74, 6) is 0.788. The highest BCUT2D eigenvalue weighted by molar-refractivity contribution is 6.07. The van der Waals surface area contributed by atoms with E-state index in [9.17, 15) is 4.79 Å². The Hall–Kier alpha value is -3.65. The van der Waals surface area contributed by atoms with E-state index in [1.54, 1.807) is 0 Å². The fourth-order valence-electron chi connectivity index (χ4n) is 6.21. The van der Waals surface area contributed by atoms with Gasteiger partial charge in [0.2, 0.25) is 0 Å². The van der Waals surface area contributed by atoms with Crippen molar-refractivity contribution < 1.29 is 19.0 Å². The quantitative estimate of drug-likeness (QED) is 0.185. The van der Waals surface area contributed by atoms with E-state index in [0.717, 1.165) is 98.0 Å². The Morgan fingerprint density at radius 2 is 1.72 bits per heavy atom. The first kappa shape index (κ1) is 33.7. The van der Waals surface area contributed by atoms with Gasteiger partial charge in [-0.05, 0) is 111 Å². The maximum atomic E-state index is 13.6. The molecule has 0 unspecified atom stereocenters. The summed E-state index contributed by atoms with van der Waals surface area (Å²) in [5, 5.41) is 3.16. The zero-order chi connectivity index (χ0) is 32.3. The van der Waals surface area contributed by atoms with Gasteiger partial charge in [0.05, 0.1) is 6.61 Å². The average molecular weight is 626 g/mol. The number of hydrogen-bond acceptors (Lipinski definition) is 6. The van der Waals surface area contributed by atoms with Gasteiger partial charge >= 0.3 is 0 Å². The molecule has 3 aromatic carbocycles. The minimum atomic E-state index is -0.0470. The van der Waals surface area contributed by atoms with Crippen LogP contribution in [0.3, 0.4) is 0 Å².